The van der Waals surface area contributed by atoms with Gasteiger partial charge in [0, 0.05) is 11.6 Å². The first-order chi connectivity index (χ1) is 10.7. The highest BCUT2D eigenvalue weighted by Crippen LogP contribution is 2.25. The third-order valence-electron chi connectivity index (χ3n) is 4.03. The lowest BCUT2D eigenvalue weighted by Gasteiger charge is -2.22. The molecule has 0 bridgehead atoms. The van der Waals surface area contributed by atoms with Crippen LogP contribution in [0.1, 0.15) is 23.6 Å². The lowest BCUT2D eigenvalue weighted by Crippen LogP contribution is -2.35. The maximum Gasteiger partial charge on any atom is 0.225 e. The Bertz CT molecular complexity index is 642. The molecule has 2 unspecified atom stereocenters. The molecule has 23 heavy (non-hydrogen) atoms. The van der Waals surface area contributed by atoms with Gasteiger partial charge in [-0.15, -0.1) is 12.4 Å². The van der Waals surface area contributed by atoms with E-state index in [1.54, 1.807) is 0 Å². The molecule has 1 heterocycles. The van der Waals surface area contributed by atoms with Crippen LogP contribution in [-0.4, -0.2) is 19.0 Å². The van der Waals surface area contributed by atoms with Crippen molar-refractivity contribution in [2.45, 2.75) is 12.5 Å². The van der Waals surface area contributed by atoms with Crippen LogP contribution in [0.4, 0.5) is 0 Å². The average molecular weight is 351 g/mol. The Labute approximate surface area is 147 Å². The molecule has 2 atom stereocenters. The second-order valence-electron chi connectivity index (χ2n) is 5.60. The second kappa shape index (κ2) is 8.34. The number of carbonyl (C=O) groups excluding carboxylic acids is 1. The van der Waals surface area contributed by atoms with Gasteiger partial charge in [0.2, 0.25) is 5.91 Å². The van der Waals surface area contributed by atoms with E-state index in [4.69, 9.17) is 11.6 Å². The molecule has 0 aliphatic carbocycles. The Hall–Kier alpha value is -1.55. The molecule has 2 aromatic carbocycles. The van der Waals surface area contributed by atoms with Crippen molar-refractivity contribution in [2.24, 2.45) is 5.92 Å². The summed E-state index contributed by atoms with van der Waals surface area (Å²) in [7, 11) is 0. The predicted molar refractivity (Wildman–Crippen MR) is 96.1 cm³/mol. The van der Waals surface area contributed by atoms with E-state index in [0.717, 1.165) is 30.6 Å². The van der Waals surface area contributed by atoms with E-state index >= 15 is 0 Å². The Morgan fingerprint density at radius 2 is 1.87 bits per heavy atom. The fourth-order valence-corrected chi connectivity index (χ4v) is 3.03. The topological polar surface area (TPSA) is 41.1 Å². The largest absolute Gasteiger partial charge is 0.345 e. The summed E-state index contributed by atoms with van der Waals surface area (Å²) in [5.41, 5.74) is 2.06. The number of benzene rings is 2. The van der Waals surface area contributed by atoms with Crippen molar-refractivity contribution in [3.63, 3.8) is 0 Å². The van der Waals surface area contributed by atoms with Crippen LogP contribution in [0.25, 0.3) is 0 Å². The molecule has 3 rings (SSSR count). The number of rotatable bonds is 4. The van der Waals surface area contributed by atoms with Crippen LogP contribution in [0.5, 0.6) is 0 Å². The Morgan fingerprint density at radius 1 is 1.13 bits per heavy atom. The van der Waals surface area contributed by atoms with Crippen LogP contribution in [-0.2, 0) is 4.79 Å². The maximum atomic E-state index is 12.5. The van der Waals surface area contributed by atoms with E-state index in [2.05, 4.69) is 10.6 Å². The molecular formula is C18H20Cl2N2O. The highest BCUT2D eigenvalue weighted by molar-refractivity contribution is 6.30. The first-order valence-electron chi connectivity index (χ1n) is 7.55. The first kappa shape index (κ1) is 17.8. The van der Waals surface area contributed by atoms with E-state index in [1.165, 1.54) is 0 Å². The molecule has 2 aromatic rings. The maximum absolute atomic E-state index is 12.5. The molecule has 1 aliphatic heterocycles. The summed E-state index contributed by atoms with van der Waals surface area (Å²) in [6, 6.07) is 17.5. The van der Waals surface area contributed by atoms with E-state index in [9.17, 15) is 4.79 Å². The fraction of sp³-hybridized carbons (Fsp3) is 0.278. The highest BCUT2D eigenvalue weighted by atomic mass is 35.5. The molecule has 1 fully saturated rings. The normalized spacial score (nSPS) is 18.0. The van der Waals surface area contributed by atoms with Gasteiger partial charge in [-0.05, 0) is 36.2 Å². The van der Waals surface area contributed by atoms with E-state index in [1.807, 2.05) is 54.6 Å². The third-order valence-corrected chi connectivity index (χ3v) is 4.27. The van der Waals surface area contributed by atoms with Crippen molar-refractivity contribution in [1.82, 2.24) is 10.6 Å². The summed E-state index contributed by atoms with van der Waals surface area (Å²) in [6.07, 6.45) is 0.892. The number of carbonyl (C=O) groups is 1. The number of amides is 1. The lowest BCUT2D eigenvalue weighted by atomic mass is 9.97. The molecule has 1 saturated heterocycles. The van der Waals surface area contributed by atoms with Crippen LogP contribution in [0.15, 0.2) is 54.6 Å². The van der Waals surface area contributed by atoms with Gasteiger partial charge >= 0.3 is 0 Å². The zero-order valence-electron chi connectivity index (χ0n) is 12.7. The molecule has 0 radical (unpaired) electrons. The van der Waals surface area contributed by atoms with Crippen LogP contribution >= 0.6 is 24.0 Å². The number of halogens is 2. The summed E-state index contributed by atoms with van der Waals surface area (Å²) in [6.45, 7) is 1.66. The van der Waals surface area contributed by atoms with Gasteiger partial charge in [0.1, 0.15) is 0 Å². The number of nitrogens with one attached hydrogen (secondary N) is 2. The Kier molecular flexibility index (Phi) is 6.46. The molecule has 5 heteroatoms. The SMILES string of the molecule is Cl.O=C(NC(c1ccccc1)c1cccc(Cl)c1)C1CCNC1. The van der Waals surface area contributed by atoms with Gasteiger partial charge in [-0.1, -0.05) is 54.1 Å². The molecule has 2 N–H and O–H groups in total. The van der Waals surface area contributed by atoms with E-state index in [0.29, 0.717) is 5.02 Å². The lowest BCUT2D eigenvalue weighted by molar-refractivity contribution is -0.124. The van der Waals surface area contributed by atoms with Crippen LogP contribution in [0, 0.1) is 5.92 Å². The minimum absolute atomic E-state index is 0. The summed E-state index contributed by atoms with van der Waals surface area (Å²) >= 11 is 6.12. The number of hydrogen-bond donors (Lipinski definition) is 2. The molecule has 0 aromatic heterocycles. The summed E-state index contributed by atoms with van der Waals surface area (Å²) in [5.74, 6) is 0.143. The zero-order chi connectivity index (χ0) is 15.4. The van der Waals surface area contributed by atoms with Gasteiger partial charge in [0.25, 0.3) is 0 Å². The molecule has 1 amide bonds. The molecule has 0 spiro atoms. The summed E-state index contributed by atoms with van der Waals surface area (Å²) in [5, 5.41) is 7.09. The van der Waals surface area contributed by atoms with Crippen LogP contribution in [0.3, 0.4) is 0 Å². The van der Waals surface area contributed by atoms with Crippen molar-refractivity contribution in [2.75, 3.05) is 13.1 Å². The van der Waals surface area contributed by atoms with Gasteiger partial charge in [-0.2, -0.15) is 0 Å². The number of hydrogen-bond acceptors (Lipinski definition) is 2. The van der Waals surface area contributed by atoms with E-state index < -0.39 is 0 Å². The smallest absolute Gasteiger partial charge is 0.225 e. The minimum Gasteiger partial charge on any atom is -0.345 e. The minimum atomic E-state index is -0.173. The average Bonchev–Trinajstić information content (AvgIpc) is 3.08. The molecule has 122 valence electrons. The summed E-state index contributed by atoms with van der Waals surface area (Å²) < 4.78 is 0. The zero-order valence-corrected chi connectivity index (χ0v) is 14.2. The Morgan fingerprint density at radius 3 is 2.52 bits per heavy atom. The van der Waals surface area contributed by atoms with Crippen LogP contribution < -0.4 is 10.6 Å². The van der Waals surface area contributed by atoms with Crippen molar-refractivity contribution < 1.29 is 4.79 Å². The standard InChI is InChI=1S/C18H19ClN2O.ClH/c19-16-8-4-7-14(11-16)17(13-5-2-1-3-6-13)21-18(22)15-9-10-20-12-15;/h1-8,11,15,17,20H,9-10,12H2,(H,21,22);1H. The van der Waals surface area contributed by atoms with Crippen molar-refractivity contribution >= 4 is 29.9 Å². The van der Waals surface area contributed by atoms with Gasteiger partial charge in [-0.25, -0.2) is 0 Å². The van der Waals surface area contributed by atoms with Crippen molar-refractivity contribution in [1.29, 1.82) is 0 Å². The predicted octanol–water partition coefficient (Wildman–Crippen LogP) is 3.58. The third kappa shape index (κ3) is 4.47. The van der Waals surface area contributed by atoms with Crippen LogP contribution in [0.2, 0.25) is 5.02 Å². The van der Waals surface area contributed by atoms with Gasteiger partial charge in [0.15, 0.2) is 0 Å². The van der Waals surface area contributed by atoms with Crippen molar-refractivity contribution in [3.05, 3.63) is 70.7 Å². The highest BCUT2D eigenvalue weighted by Gasteiger charge is 2.25. The monoisotopic (exact) mass is 350 g/mol. The van der Waals surface area contributed by atoms with Gasteiger partial charge in [0.05, 0.1) is 12.0 Å². The van der Waals surface area contributed by atoms with Gasteiger partial charge in [-0.3, -0.25) is 4.79 Å². The quantitative estimate of drug-likeness (QED) is 0.884. The van der Waals surface area contributed by atoms with E-state index in [-0.39, 0.29) is 30.3 Å². The first-order valence-corrected chi connectivity index (χ1v) is 7.93. The Balaban J connectivity index is 0.00000192. The molecular weight excluding hydrogens is 331 g/mol. The van der Waals surface area contributed by atoms with Crippen molar-refractivity contribution in [3.8, 4) is 0 Å². The van der Waals surface area contributed by atoms with Gasteiger partial charge < -0.3 is 10.6 Å². The molecule has 1 aliphatic rings. The fourth-order valence-electron chi connectivity index (χ4n) is 2.83. The second-order valence-corrected chi connectivity index (χ2v) is 6.03. The summed E-state index contributed by atoms with van der Waals surface area (Å²) in [4.78, 5) is 12.5. The molecule has 0 saturated carbocycles. The molecule has 3 nitrogen and oxygen atoms in total.